The maximum absolute atomic E-state index is 11.9. The molecule has 2 aromatic heterocycles. The number of nitrogens with zero attached hydrogens (tertiary/aromatic N) is 1. The predicted octanol–water partition coefficient (Wildman–Crippen LogP) is 1.88. The quantitative estimate of drug-likeness (QED) is 0.772. The van der Waals surface area contributed by atoms with Gasteiger partial charge in [-0.2, -0.15) is 11.3 Å². The molecule has 0 radical (unpaired) electrons. The van der Waals surface area contributed by atoms with E-state index in [1.54, 1.807) is 17.7 Å². The highest BCUT2D eigenvalue weighted by atomic mass is 32.1. The minimum atomic E-state index is -0.152. The molecule has 7 heteroatoms. The van der Waals surface area contributed by atoms with Gasteiger partial charge in [-0.05, 0) is 37.7 Å². The van der Waals surface area contributed by atoms with Gasteiger partial charge in [0.2, 0.25) is 5.91 Å². The van der Waals surface area contributed by atoms with Gasteiger partial charge in [-0.1, -0.05) is 0 Å². The molecule has 2 rings (SSSR count). The van der Waals surface area contributed by atoms with Gasteiger partial charge in [0.05, 0.1) is 12.3 Å². The van der Waals surface area contributed by atoms with E-state index in [-0.39, 0.29) is 24.3 Å². The zero-order valence-electron chi connectivity index (χ0n) is 13.2. The monoisotopic (exact) mass is 335 g/mol. The average molecular weight is 335 g/mol. The zero-order valence-corrected chi connectivity index (χ0v) is 14.1. The number of rotatable bonds is 8. The molecule has 0 spiro atoms. The number of carbonyl (C=O) groups is 2. The Balaban J connectivity index is 1.71. The Labute approximate surface area is 139 Å². The molecule has 0 saturated carbocycles. The van der Waals surface area contributed by atoms with Crippen molar-refractivity contribution in [3.63, 3.8) is 0 Å². The molecule has 0 aromatic carbocycles. The molecule has 2 N–H and O–H groups in total. The highest BCUT2D eigenvalue weighted by molar-refractivity contribution is 7.08. The van der Waals surface area contributed by atoms with E-state index >= 15 is 0 Å². The summed E-state index contributed by atoms with van der Waals surface area (Å²) < 4.78 is 5.39. The SMILES string of the molecule is CN(C)C(CNC(=O)CCNC(=O)c1ccsc1)c1ccco1. The van der Waals surface area contributed by atoms with E-state index in [1.807, 2.05) is 36.5 Å². The Morgan fingerprint density at radius 3 is 2.74 bits per heavy atom. The molecule has 2 heterocycles. The minimum absolute atomic E-state index is 0.0191. The van der Waals surface area contributed by atoms with Crippen LogP contribution in [0, 0.1) is 0 Å². The van der Waals surface area contributed by atoms with Crippen LogP contribution in [0.4, 0.5) is 0 Å². The number of likely N-dealkylation sites (N-methyl/N-ethyl adjacent to an activating group) is 1. The van der Waals surface area contributed by atoms with Gasteiger partial charge in [-0.25, -0.2) is 0 Å². The van der Waals surface area contributed by atoms with Crippen LogP contribution >= 0.6 is 11.3 Å². The highest BCUT2D eigenvalue weighted by Crippen LogP contribution is 2.17. The summed E-state index contributed by atoms with van der Waals surface area (Å²) in [4.78, 5) is 25.6. The minimum Gasteiger partial charge on any atom is -0.468 e. The number of carbonyl (C=O) groups excluding carboxylic acids is 2. The topological polar surface area (TPSA) is 74.6 Å². The first-order valence-electron chi connectivity index (χ1n) is 7.35. The number of amides is 2. The smallest absolute Gasteiger partial charge is 0.252 e. The Bertz CT molecular complexity index is 609. The van der Waals surface area contributed by atoms with E-state index in [0.29, 0.717) is 18.7 Å². The van der Waals surface area contributed by atoms with Crippen molar-refractivity contribution < 1.29 is 14.0 Å². The summed E-state index contributed by atoms with van der Waals surface area (Å²) in [5, 5.41) is 9.23. The number of nitrogens with one attached hydrogen (secondary N) is 2. The molecule has 124 valence electrons. The van der Waals surface area contributed by atoms with E-state index in [1.165, 1.54) is 11.3 Å². The summed E-state index contributed by atoms with van der Waals surface area (Å²) in [6.07, 6.45) is 1.86. The van der Waals surface area contributed by atoms with Crippen LogP contribution in [0.5, 0.6) is 0 Å². The third-order valence-electron chi connectivity index (χ3n) is 3.41. The lowest BCUT2D eigenvalue weighted by molar-refractivity contribution is -0.121. The van der Waals surface area contributed by atoms with Gasteiger partial charge in [-0.3, -0.25) is 14.5 Å². The molecular weight excluding hydrogens is 314 g/mol. The molecule has 1 unspecified atom stereocenters. The van der Waals surface area contributed by atoms with Gasteiger partial charge in [0.1, 0.15) is 5.76 Å². The summed E-state index contributed by atoms with van der Waals surface area (Å²) in [5.74, 6) is 0.552. The second-order valence-corrected chi connectivity index (χ2v) is 6.10. The zero-order chi connectivity index (χ0) is 16.7. The van der Waals surface area contributed by atoms with Crippen LogP contribution in [-0.4, -0.2) is 43.9 Å². The van der Waals surface area contributed by atoms with Gasteiger partial charge >= 0.3 is 0 Å². The van der Waals surface area contributed by atoms with Gasteiger partial charge in [-0.15, -0.1) is 0 Å². The van der Waals surface area contributed by atoms with Gasteiger partial charge in [0.25, 0.3) is 5.91 Å². The van der Waals surface area contributed by atoms with Crippen molar-refractivity contribution in [2.75, 3.05) is 27.2 Å². The van der Waals surface area contributed by atoms with Crippen molar-refractivity contribution in [3.05, 3.63) is 46.5 Å². The number of hydrogen-bond donors (Lipinski definition) is 2. The lowest BCUT2D eigenvalue weighted by Crippen LogP contribution is -2.36. The molecule has 0 fully saturated rings. The van der Waals surface area contributed by atoms with Crippen molar-refractivity contribution >= 4 is 23.2 Å². The van der Waals surface area contributed by atoms with E-state index in [0.717, 1.165) is 5.76 Å². The van der Waals surface area contributed by atoms with Crippen LogP contribution in [0.2, 0.25) is 0 Å². The molecular formula is C16H21N3O3S. The number of hydrogen-bond acceptors (Lipinski definition) is 5. The van der Waals surface area contributed by atoms with Crippen molar-refractivity contribution in [2.45, 2.75) is 12.5 Å². The summed E-state index contributed by atoms with van der Waals surface area (Å²) >= 11 is 1.47. The second-order valence-electron chi connectivity index (χ2n) is 5.32. The maximum atomic E-state index is 11.9. The van der Waals surface area contributed by atoms with Crippen molar-refractivity contribution in [2.24, 2.45) is 0 Å². The summed E-state index contributed by atoms with van der Waals surface area (Å²) in [7, 11) is 3.86. The molecule has 0 aliphatic heterocycles. The molecule has 0 bridgehead atoms. The van der Waals surface area contributed by atoms with Gasteiger partial charge in [0, 0.05) is 30.5 Å². The van der Waals surface area contributed by atoms with E-state index < -0.39 is 0 Å². The Kier molecular flexibility index (Phi) is 6.37. The lowest BCUT2D eigenvalue weighted by atomic mass is 10.2. The number of thiophene rings is 1. The van der Waals surface area contributed by atoms with Crippen molar-refractivity contribution in [1.29, 1.82) is 0 Å². The first-order chi connectivity index (χ1) is 11.1. The van der Waals surface area contributed by atoms with Crippen LogP contribution in [0.15, 0.2) is 39.6 Å². The first-order valence-corrected chi connectivity index (χ1v) is 8.29. The molecule has 6 nitrogen and oxygen atoms in total. The summed E-state index contributed by atoms with van der Waals surface area (Å²) in [6, 6.07) is 5.45. The van der Waals surface area contributed by atoms with Crippen LogP contribution in [-0.2, 0) is 4.79 Å². The predicted molar refractivity (Wildman–Crippen MR) is 89.4 cm³/mol. The molecule has 0 aliphatic carbocycles. The molecule has 1 atom stereocenters. The summed E-state index contributed by atoms with van der Waals surface area (Å²) in [6.45, 7) is 0.770. The van der Waals surface area contributed by atoms with Crippen molar-refractivity contribution in [3.8, 4) is 0 Å². The normalized spacial score (nSPS) is 12.1. The van der Waals surface area contributed by atoms with Gasteiger partial charge in [0.15, 0.2) is 0 Å². The van der Waals surface area contributed by atoms with Crippen LogP contribution in [0.1, 0.15) is 28.6 Å². The fraction of sp³-hybridized carbons (Fsp3) is 0.375. The third kappa shape index (κ3) is 5.22. The van der Waals surface area contributed by atoms with Crippen molar-refractivity contribution in [1.82, 2.24) is 15.5 Å². The van der Waals surface area contributed by atoms with E-state index in [4.69, 9.17) is 4.42 Å². The van der Waals surface area contributed by atoms with E-state index in [9.17, 15) is 9.59 Å². The number of furan rings is 1. The van der Waals surface area contributed by atoms with Crippen LogP contribution in [0.3, 0.4) is 0 Å². The second kappa shape index (κ2) is 8.50. The average Bonchev–Trinajstić information content (AvgIpc) is 3.20. The third-order valence-corrected chi connectivity index (χ3v) is 4.09. The Morgan fingerprint density at radius 1 is 1.30 bits per heavy atom. The lowest BCUT2D eigenvalue weighted by Gasteiger charge is -2.22. The molecule has 2 aromatic rings. The largest absolute Gasteiger partial charge is 0.468 e. The fourth-order valence-electron chi connectivity index (χ4n) is 2.10. The molecule has 2 amide bonds. The Morgan fingerprint density at radius 2 is 2.13 bits per heavy atom. The van der Waals surface area contributed by atoms with E-state index in [2.05, 4.69) is 10.6 Å². The van der Waals surface area contributed by atoms with Crippen LogP contribution < -0.4 is 10.6 Å². The first kappa shape index (κ1) is 17.2. The maximum Gasteiger partial charge on any atom is 0.252 e. The summed E-state index contributed by atoms with van der Waals surface area (Å²) in [5.41, 5.74) is 0.626. The molecule has 0 aliphatic rings. The standard InChI is InChI=1S/C16H21N3O3S/c1-19(2)13(14-4-3-8-22-14)10-18-15(20)5-7-17-16(21)12-6-9-23-11-12/h3-4,6,8-9,11,13H,5,7,10H2,1-2H3,(H,17,21)(H,18,20). The van der Waals surface area contributed by atoms with Crippen LogP contribution in [0.25, 0.3) is 0 Å². The fourth-order valence-corrected chi connectivity index (χ4v) is 2.74. The Hall–Kier alpha value is -2.12. The van der Waals surface area contributed by atoms with Gasteiger partial charge < -0.3 is 15.1 Å². The molecule has 23 heavy (non-hydrogen) atoms. The highest BCUT2D eigenvalue weighted by Gasteiger charge is 2.17. The molecule has 0 saturated heterocycles.